The third kappa shape index (κ3) is 10.1. The second-order valence-electron chi connectivity index (χ2n) is 1.87. The summed E-state index contributed by atoms with van der Waals surface area (Å²) in [6, 6.07) is -0.993. The summed E-state index contributed by atoms with van der Waals surface area (Å²) in [4.78, 5) is 10.2. The maximum atomic E-state index is 11.5. The van der Waals surface area contributed by atoms with E-state index in [-0.39, 0.29) is 30.6 Å². The Morgan fingerprint density at radius 3 is 2.15 bits per heavy atom. The SMILES string of the molecule is Cl.Cl.O=C(O)[C@H](CS)NCC(F)F. The van der Waals surface area contributed by atoms with Gasteiger partial charge in [0.2, 0.25) is 0 Å². The van der Waals surface area contributed by atoms with Gasteiger partial charge in [0.1, 0.15) is 6.04 Å². The minimum atomic E-state index is -2.53. The molecule has 0 spiro atoms. The van der Waals surface area contributed by atoms with Crippen molar-refractivity contribution in [3.05, 3.63) is 0 Å². The van der Waals surface area contributed by atoms with E-state index in [0.717, 1.165) is 0 Å². The molecule has 0 amide bonds. The quantitative estimate of drug-likeness (QED) is 0.646. The van der Waals surface area contributed by atoms with Crippen LogP contribution in [0.4, 0.5) is 8.78 Å². The number of rotatable bonds is 5. The molecule has 13 heavy (non-hydrogen) atoms. The van der Waals surface area contributed by atoms with Crippen molar-refractivity contribution in [1.29, 1.82) is 0 Å². The molecular formula is C5H11Cl2F2NO2S. The van der Waals surface area contributed by atoms with Gasteiger partial charge in [0, 0.05) is 5.75 Å². The van der Waals surface area contributed by atoms with Crippen LogP contribution < -0.4 is 5.32 Å². The van der Waals surface area contributed by atoms with E-state index in [4.69, 9.17) is 5.11 Å². The van der Waals surface area contributed by atoms with Gasteiger partial charge in [0.05, 0.1) is 6.54 Å². The topological polar surface area (TPSA) is 49.3 Å². The van der Waals surface area contributed by atoms with E-state index in [9.17, 15) is 13.6 Å². The molecule has 0 saturated carbocycles. The van der Waals surface area contributed by atoms with Crippen LogP contribution in [0.1, 0.15) is 0 Å². The molecule has 0 saturated heterocycles. The Morgan fingerprint density at radius 1 is 1.46 bits per heavy atom. The lowest BCUT2D eigenvalue weighted by Crippen LogP contribution is -2.40. The van der Waals surface area contributed by atoms with E-state index in [0.29, 0.717) is 0 Å². The average Bonchev–Trinajstić information content (AvgIpc) is 1.87. The molecule has 2 N–H and O–H groups in total. The number of carboxylic acids is 1. The molecule has 0 radical (unpaired) electrons. The largest absolute Gasteiger partial charge is 0.480 e. The van der Waals surface area contributed by atoms with E-state index in [1.54, 1.807) is 0 Å². The number of hydrogen-bond acceptors (Lipinski definition) is 3. The summed E-state index contributed by atoms with van der Waals surface area (Å²) in [7, 11) is 0. The number of thiol groups is 1. The van der Waals surface area contributed by atoms with Crippen molar-refractivity contribution in [3.8, 4) is 0 Å². The number of alkyl halides is 2. The fraction of sp³-hybridized carbons (Fsp3) is 0.800. The number of hydrogen-bond donors (Lipinski definition) is 3. The van der Waals surface area contributed by atoms with Crippen LogP contribution in [-0.2, 0) is 4.79 Å². The summed E-state index contributed by atoms with van der Waals surface area (Å²) >= 11 is 3.67. The summed E-state index contributed by atoms with van der Waals surface area (Å²) in [5.74, 6) is -1.16. The van der Waals surface area contributed by atoms with Crippen LogP contribution in [0.2, 0.25) is 0 Å². The predicted octanol–water partition coefficient (Wildman–Crippen LogP) is 1.07. The van der Waals surface area contributed by atoms with Crippen molar-refractivity contribution < 1.29 is 18.7 Å². The Bertz CT molecular complexity index is 142. The van der Waals surface area contributed by atoms with Crippen LogP contribution in [-0.4, -0.2) is 35.8 Å². The molecule has 3 nitrogen and oxygen atoms in total. The number of halogens is 4. The van der Waals surface area contributed by atoms with E-state index in [1.165, 1.54) is 0 Å². The normalized spacial score (nSPS) is 11.4. The smallest absolute Gasteiger partial charge is 0.321 e. The van der Waals surface area contributed by atoms with E-state index in [1.807, 2.05) is 0 Å². The lowest BCUT2D eigenvalue weighted by molar-refractivity contribution is -0.138. The van der Waals surface area contributed by atoms with Gasteiger partial charge in [0.15, 0.2) is 0 Å². The van der Waals surface area contributed by atoms with Crippen molar-refractivity contribution in [1.82, 2.24) is 5.32 Å². The molecule has 0 heterocycles. The zero-order chi connectivity index (χ0) is 8.85. The van der Waals surface area contributed by atoms with Crippen LogP contribution >= 0.6 is 37.4 Å². The highest BCUT2D eigenvalue weighted by Crippen LogP contribution is 1.92. The van der Waals surface area contributed by atoms with Crippen LogP contribution in [0.5, 0.6) is 0 Å². The second-order valence-corrected chi connectivity index (χ2v) is 2.24. The molecule has 82 valence electrons. The third-order valence-electron chi connectivity index (χ3n) is 0.999. The summed E-state index contributed by atoms with van der Waals surface area (Å²) in [5, 5.41) is 10.5. The van der Waals surface area contributed by atoms with Gasteiger partial charge in [-0.25, -0.2) is 8.78 Å². The van der Waals surface area contributed by atoms with Crippen molar-refractivity contribution in [2.75, 3.05) is 12.3 Å². The molecule has 0 aliphatic carbocycles. The Morgan fingerprint density at radius 2 is 1.92 bits per heavy atom. The molecule has 0 aromatic rings. The van der Waals surface area contributed by atoms with Crippen molar-refractivity contribution in [2.24, 2.45) is 0 Å². The molecule has 0 aromatic heterocycles. The van der Waals surface area contributed by atoms with Crippen molar-refractivity contribution >= 4 is 43.4 Å². The molecule has 0 aromatic carbocycles. The Balaban J connectivity index is -0.000000500. The van der Waals surface area contributed by atoms with E-state index in [2.05, 4.69) is 17.9 Å². The fourth-order valence-electron chi connectivity index (χ4n) is 0.461. The van der Waals surface area contributed by atoms with Gasteiger partial charge < -0.3 is 5.11 Å². The molecule has 1 atom stereocenters. The molecule has 0 bridgehead atoms. The molecule has 0 aliphatic rings. The van der Waals surface area contributed by atoms with Gasteiger partial charge in [-0.05, 0) is 0 Å². The zero-order valence-electron chi connectivity index (χ0n) is 6.44. The maximum Gasteiger partial charge on any atom is 0.321 e. The number of nitrogens with one attached hydrogen (secondary N) is 1. The third-order valence-corrected chi connectivity index (χ3v) is 1.36. The second kappa shape index (κ2) is 10.3. The lowest BCUT2D eigenvalue weighted by Gasteiger charge is -2.10. The highest BCUT2D eigenvalue weighted by molar-refractivity contribution is 7.80. The number of aliphatic carboxylic acids is 1. The first-order valence-corrected chi connectivity index (χ1v) is 3.56. The lowest BCUT2D eigenvalue weighted by atomic mass is 10.3. The molecular weight excluding hydrogens is 247 g/mol. The summed E-state index contributed by atoms with van der Waals surface area (Å²) in [6.45, 7) is -0.614. The summed E-state index contributed by atoms with van der Waals surface area (Å²) < 4.78 is 23.0. The Kier molecular flexibility index (Phi) is 15.0. The maximum absolute atomic E-state index is 11.5. The van der Waals surface area contributed by atoms with Crippen LogP contribution in [0, 0.1) is 0 Å². The standard InChI is InChI=1S/C5H9F2NO2S.2ClH/c6-4(7)1-8-3(2-11)5(9)10;;/h3-4,8,11H,1-2H2,(H,9,10);2*1H/t3-;;/m0../s1. The Labute approximate surface area is 92.5 Å². The first-order chi connectivity index (χ1) is 5.07. The molecule has 0 aliphatic heterocycles. The van der Waals surface area contributed by atoms with Crippen molar-refractivity contribution in [3.63, 3.8) is 0 Å². The van der Waals surface area contributed by atoms with E-state index < -0.39 is 25.0 Å². The molecule has 0 rings (SSSR count). The summed E-state index contributed by atoms with van der Waals surface area (Å²) in [5.41, 5.74) is 0. The van der Waals surface area contributed by atoms with Gasteiger partial charge in [0.25, 0.3) is 6.43 Å². The van der Waals surface area contributed by atoms with Crippen LogP contribution in [0.25, 0.3) is 0 Å². The minimum Gasteiger partial charge on any atom is -0.480 e. The first-order valence-electron chi connectivity index (χ1n) is 2.93. The van der Waals surface area contributed by atoms with Gasteiger partial charge in [-0.1, -0.05) is 0 Å². The van der Waals surface area contributed by atoms with E-state index >= 15 is 0 Å². The zero-order valence-corrected chi connectivity index (χ0v) is 8.97. The van der Waals surface area contributed by atoms with Crippen molar-refractivity contribution in [2.45, 2.75) is 12.5 Å². The molecule has 0 fully saturated rings. The predicted molar refractivity (Wildman–Crippen MR) is 53.8 cm³/mol. The molecule has 8 heteroatoms. The van der Waals surface area contributed by atoms with Gasteiger partial charge in [-0.3, -0.25) is 10.1 Å². The fourth-order valence-corrected chi connectivity index (χ4v) is 0.747. The van der Waals surface area contributed by atoms with Crippen LogP contribution in [0.3, 0.4) is 0 Å². The highest BCUT2D eigenvalue weighted by atomic mass is 35.5. The number of carboxylic acid groups (broad SMARTS) is 1. The summed E-state index contributed by atoms with van der Waals surface area (Å²) in [6.07, 6.45) is -2.53. The molecule has 0 unspecified atom stereocenters. The minimum absolute atomic E-state index is 0. The average molecular weight is 258 g/mol. The number of carbonyl (C=O) groups is 1. The Hall–Kier alpha value is 0.220. The van der Waals surface area contributed by atoms with Gasteiger partial charge in [-0.15, -0.1) is 24.8 Å². The monoisotopic (exact) mass is 257 g/mol. The van der Waals surface area contributed by atoms with Gasteiger partial charge >= 0.3 is 5.97 Å². The first kappa shape index (κ1) is 18.9. The van der Waals surface area contributed by atoms with Gasteiger partial charge in [-0.2, -0.15) is 12.6 Å². The van der Waals surface area contributed by atoms with Crippen LogP contribution in [0.15, 0.2) is 0 Å². The highest BCUT2D eigenvalue weighted by Gasteiger charge is 2.15.